The molecular formula is C13H28N2O2S. The lowest BCUT2D eigenvalue weighted by Gasteiger charge is -2.26. The molecule has 0 aromatic rings. The molecule has 1 saturated carbocycles. The van der Waals surface area contributed by atoms with Gasteiger partial charge >= 0.3 is 0 Å². The van der Waals surface area contributed by atoms with Crippen molar-refractivity contribution in [1.29, 1.82) is 0 Å². The first-order valence-corrected chi connectivity index (χ1v) is 8.75. The predicted molar refractivity (Wildman–Crippen MR) is 76.1 cm³/mol. The number of hydrogen-bond acceptors (Lipinski definition) is 3. The SMILES string of the molecule is CC1CCCC(CNS(=O)(=O)CCNC(C)C)C1. The molecule has 0 aromatic heterocycles. The van der Waals surface area contributed by atoms with Crippen molar-refractivity contribution in [1.82, 2.24) is 10.0 Å². The first kappa shape index (κ1) is 15.9. The van der Waals surface area contributed by atoms with Gasteiger partial charge in [-0.3, -0.25) is 0 Å². The highest BCUT2D eigenvalue weighted by Gasteiger charge is 2.20. The molecule has 1 aliphatic rings. The molecule has 0 spiro atoms. The monoisotopic (exact) mass is 276 g/mol. The zero-order valence-electron chi connectivity index (χ0n) is 11.9. The van der Waals surface area contributed by atoms with E-state index in [0.29, 0.717) is 25.0 Å². The van der Waals surface area contributed by atoms with Crippen molar-refractivity contribution in [2.24, 2.45) is 11.8 Å². The van der Waals surface area contributed by atoms with Crippen LogP contribution in [0.1, 0.15) is 46.5 Å². The predicted octanol–water partition coefficient (Wildman–Crippen LogP) is 1.73. The quantitative estimate of drug-likeness (QED) is 0.744. The van der Waals surface area contributed by atoms with E-state index in [2.05, 4.69) is 17.0 Å². The van der Waals surface area contributed by atoms with Crippen LogP contribution in [0.5, 0.6) is 0 Å². The van der Waals surface area contributed by atoms with E-state index >= 15 is 0 Å². The minimum Gasteiger partial charge on any atom is -0.313 e. The third-order valence-electron chi connectivity index (χ3n) is 3.56. The van der Waals surface area contributed by atoms with Crippen molar-refractivity contribution in [3.8, 4) is 0 Å². The van der Waals surface area contributed by atoms with Crippen LogP contribution in [0, 0.1) is 11.8 Å². The Morgan fingerprint density at radius 1 is 1.28 bits per heavy atom. The zero-order valence-corrected chi connectivity index (χ0v) is 12.7. The molecule has 4 nitrogen and oxygen atoms in total. The van der Waals surface area contributed by atoms with Crippen LogP contribution >= 0.6 is 0 Å². The van der Waals surface area contributed by atoms with Crippen molar-refractivity contribution >= 4 is 10.0 Å². The van der Waals surface area contributed by atoms with Gasteiger partial charge in [-0.1, -0.05) is 33.6 Å². The van der Waals surface area contributed by atoms with Gasteiger partial charge < -0.3 is 5.32 Å². The minimum atomic E-state index is -3.11. The molecule has 0 aliphatic heterocycles. The second kappa shape index (κ2) is 7.46. The molecule has 108 valence electrons. The van der Waals surface area contributed by atoms with E-state index in [1.165, 1.54) is 12.8 Å². The van der Waals surface area contributed by atoms with E-state index < -0.39 is 10.0 Å². The average molecular weight is 276 g/mol. The highest BCUT2D eigenvalue weighted by Crippen LogP contribution is 2.27. The van der Waals surface area contributed by atoms with Gasteiger partial charge in [0.15, 0.2) is 0 Å². The van der Waals surface area contributed by atoms with Gasteiger partial charge in [-0.15, -0.1) is 0 Å². The summed E-state index contributed by atoms with van der Waals surface area (Å²) in [5, 5.41) is 3.13. The molecule has 18 heavy (non-hydrogen) atoms. The van der Waals surface area contributed by atoms with E-state index in [1.54, 1.807) is 0 Å². The highest BCUT2D eigenvalue weighted by atomic mass is 32.2. The lowest BCUT2D eigenvalue weighted by Crippen LogP contribution is -2.37. The number of nitrogens with one attached hydrogen (secondary N) is 2. The molecule has 1 aliphatic carbocycles. The molecule has 2 atom stereocenters. The van der Waals surface area contributed by atoms with Crippen molar-refractivity contribution in [2.45, 2.75) is 52.5 Å². The topological polar surface area (TPSA) is 58.2 Å². The molecule has 1 fully saturated rings. The summed E-state index contributed by atoms with van der Waals surface area (Å²) in [6, 6.07) is 0.333. The van der Waals surface area contributed by atoms with Gasteiger partial charge in [-0.2, -0.15) is 0 Å². The van der Waals surface area contributed by atoms with Crippen LogP contribution in [0.3, 0.4) is 0 Å². The summed E-state index contributed by atoms with van der Waals surface area (Å²) in [5.41, 5.74) is 0. The summed E-state index contributed by atoms with van der Waals surface area (Å²) in [5.74, 6) is 1.45. The number of hydrogen-bond donors (Lipinski definition) is 2. The molecule has 2 unspecified atom stereocenters. The first-order valence-electron chi connectivity index (χ1n) is 7.10. The maximum absolute atomic E-state index is 11.8. The lowest BCUT2D eigenvalue weighted by molar-refractivity contribution is 0.283. The number of sulfonamides is 1. The largest absolute Gasteiger partial charge is 0.313 e. The molecule has 0 amide bonds. The highest BCUT2D eigenvalue weighted by molar-refractivity contribution is 7.89. The van der Waals surface area contributed by atoms with Crippen LogP contribution in [0.25, 0.3) is 0 Å². The number of rotatable bonds is 7. The molecule has 0 bridgehead atoms. The van der Waals surface area contributed by atoms with Crippen molar-refractivity contribution in [3.63, 3.8) is 0 Å². The fourth-order valence-corrected chi connectivity index (χ4v) is 3.56. The van der Waals surface area contributed by atoms with Crippen LogP contribution in [0.15, 0.2) is 0 Å². The second-order valence-corrected chi connectivity index (χ2v) is 7.84. The smallest absolute Gasteiger partial charge is 0.212 e. The molecule has 1 rings (SSSR count). The molecule has 0 heterocycles. The van der Waals surface area contributed by atoms with Gasteiger partial charge in [0.1, 0.15) is 0 Å². The Hall–Kier alpha value is -0.130. The second-order valence-electron chi connectivity index (χ2n) is 5.91. The van der Waals surface area contributed by atoms with E-state index in [9.17, 15) is 8.42 Å². The average Bonchev–Trinajstić information content (AvgIpc) is 2.26. The van der Waals surface area contributed by atoms with Crippen LogP contribution in [0.2, 0.25) is 0 Å². The van der Waals surface area contributed by atoms with Gasteiger partial charge in [0.2, 0.25) is 10.0 Å². The van der Waals surface area contributed by atoms with E-state index in [-0.39, 0.29) is 5.75 Å². The fourth-order valence-electron chi connectivity index (χ4n) is 2.54. The summed E-state index contributed by atoms with van der Waals surface area (Å²) in [6.07, 6.45) is 4.86. The molecule has 2 N–H and O–H groups in total. The maximum atomic E-state index is 11.8. The standard InChI is InChI=1S/C13H28N2O2S/c1-11(2)14-7-8-18(16,17)15-10-13-6-4-5-12(3)9-13/h11-15H,4-10H2,1-3H3. The van der Waals surface area contributed by atoms with E-state index in [4.69, 9.17) is 0 Å². The third-order valence-corrected chi connectivity index (χ3v) is 4.91. The maximum Gasteiger partial charge on any atom is 0.212 e. The third kappa shape index (κ3) is 6.71. The van der Waals surface area contributed by atoms with Gasteiger partial charge in [0.25, 0.3) is 0 Å². The van der Waals surface area contributed by atoms with Crippen LogP contribution in [-0.4, -0.2) is 33.3 Å². The Kier molecular flexibility index (Phi) is 6.60. The molecule has 0 radical (unpaired) electrons. The Labute approximate surface area is 112 Å². The minimum absolute atomic E-state index is 0.174. The van der Waals surface area contributed by atoms with Crippen LogP contribution in [-0.2, 0) is 10.0 Å². The molecule has 5 heteroatoms. The van der Waals surface area contributed by atoms with Gasteiger partial charge in [0, 0.05) is 19.1 Å². The Bertz CT molecular complexity index is 328. The lowest BCUT2D eigenvalue weighted by atomic mass is 9.83. The summed E-state index contributed by atoms with van der Waals surface area (Å²) in [4.78, 5) is 0. The Balaban J connectivity index is 2.24. The van der Waals surface area contributed by atoms with Crippen LogP contribution in [0.4, 0.5) is 0 Å². The van der Waals surface area contributed by atoms with Crippen molar-refractivity contribution in [3.05, 3.63) is 0 Å². The van der Waals surface area contributed by atoms with E-state index in [1.807, 2.05) is 13.8 Å². The fraction of sp³-hybridized carbons (Fsp3) is 1.00. The van der Waals surface area contributed by atoms with E-state index in [0.717, 1.165) is 18.8 Å². The Morgan fingerprint density at radius 2 is 2.00 bits per heavy atom. The van der Waals surface area contributed by atoms with Crippen molar-refractivity contribution < 1.29 is 8.42 Å². The molecule has 0 aromatic carbocycles. The van der Waals surface area contributed by atoms with Gasteiger partial charge in [-0.05, 0) is 24.7 Å². The first-order chi connectivity index (χ1) is 8.39. The van der Waals surface area contributed by atoms with Gasteiger partial charge in [-0.25, -0.2) is 13.1 Å². The summed E-state index contributed by atoms with van der Waals surface area (Å²) < 4.78 is 26.3. The Morgan fingerprint density at radius 3 is 2.61 bits per heavy atom. The zero-order chi connectivity index (χ0) is 13.6. The normalized spacial score (nSPS) is 25.6. The van der Waals surface area contributed by atoms with Crippen LogP contribution < -0.4 is 10.0 Å². The van der Waals surface area contributed by atoms with Gasteiger partial charge in [0.05, 0.1) is 5.75 Å². The summed E-state index contributed by atoms with van der Waals surface area (Å²) >= 11 is 0. The summed E-state index contributed by atoms with van der Waals surface area (Å²) in [6.45, 7) is 7.43. The molecule has 0 saturated heterocycles. The summed E-state index contributed by atoms with van der Waals surface area (Å²) in [7, 11) is -3.11. The molecular weight excluding hydrogens is 248 g/mol. The van der Waals surface area contributed by atoms with Crippen molar-refractivity contribution in [2.75, 3.05) is 18.8 Å².